The molecule has 0 aliphatic carbocycles. The van der Waals surface area contributed by atoms with Crippen molar-refractivity contribution in [3.8, 4) is 40.6 Å². The molecular weight excluding hydrogens is 746 g/mol. The fourth-order valence-corrected chi connectivity index (χ4v) is 7.12. The second-order valence-electron chi connectivity index (χ2n) is 13.9. The van der Waals surface area contributed by atoms with Crippen LogP contribution in [0.5, 0.6) is 28.7 Å². The number of esters is 1. The van der Waals surface area contributed by atoms with Crippen LogP contribution in [-0.4, -0.2) is 134 Å². The third-order valence-electron chi connectivity index (χ3n) is 10.4. The van der Waals surface area contributed by atoms with E-state index in [4.69, 9.17) is 23.7 Å². The van der Waals surface area contributed by atoms with E-state index in [0.717, 1.165) is 5.69 Å². The summed E-state index contributed by atoms with van der Waals surface area (Å²) in [4.78, 5) is 42.8. The van der Waals surface area contributed by atoms with E-state index in [1.807, 2.05) is 6.92 Å². The summed E-state index contributed by atoms with van der Waals surface area (Å²) in [6.45, 7) is 1.90. The molecule has 2 fully saturated rings. The van der Waals surface area contributed by atoms with Crippen molar-refractivity contribution in [3.63, 3.8) is 0 Å². The van der Waals surface area contributed by atoms with Crippen LogP contribution >= 0.6 is 0 Å². The van der Waals surface area contributed by atoms with Gasteiger partial charge in [0.05, 0.1) is 12.8 Å². The van der Waals surface area contributed by atoms with E-state index in [1.165, 1.54) is 24.3 Å². The van der Waals surface area contributed by atoms with Gasteiger partial charge in [-0.05, 0) is 35.7 Å². The number of nitrogens with one attached hydrogen (secondary N) is 1. The number of hydrogen-bond donors (Lipinski definition) is 11. The summed E-state index contributed by atoms with van der Waals surface area (Å²) in [6, 6.07) is 6.77. The van der Waals surface area contributed by atoms with Crippen LogP contribution in [0.2, 0.25) is 0 Å². The number of ether oxygens (including phenoxy) is 5. The monoisotopic (exact) mass is 783 g/mol. The Balaban J connectivity index is 1.30. The van der Waals surface area contributed by atoms with Crippen molar-refractivity contribution in [2.75, 3.05) is 0 Å². The summed E-state index contributed by atoms with van der Waals surface area (Å²) >= 11 is 0. The Kier molecular flexibility index (Phi) is 9.88. The van der Waals surface area contributed by atoms with Gasteiger partial charge in [-0.1, -0.05) is 24.8 Å². The normalized spacial score (nSPS) is 33.8. The number of aromatic amines is 1. The average molecular weight is 784 g/mol. The lowest BCUT2D eigenvalue weighted by atomic mass is 9.83. The van der Waals surface area contributed by atoms with Crippen molar-refractivity contribution < 1.29 is 89.1 Å². The number of aryl methyl sites for hydroxylation is 1. The molecule has 4 aliphatic heterocycles. The molecule has 0 amide bonds. The second-order valence-corrected chi connectivity index (χ2v) is 13.9. The van der Waals surface area contributed by atoms with Gasteiger partial charge in [-0.25, -0.2) is 9.59 Å². The Hall–Kier alpha value is -5.43. The number of Topliss-reactive ketones (excluding diaryl/α,β-unsaturated/α-hetero) is 1. The zero-order chi connectivity index (χ0) is 40.4. The first-order chi connectivity index (χ1) is 26.5. The minimum atomic E-state index is -2.94. The van der Waals surface area contributed by atoms with E-state index < -0.39 is 108 Å². The van der Waals surface area contributed by atoms with E-state index in [-0.39, 0.29) is 41.0 Å². The molecule has 2 bridgehead atoms. The number of phenols is 3. The molecule has 7 rings (SSSR count). The topological polar surface area (TPSA) is 315 Å². The van der Waals surface area contributed by atoms with Crippen LogP contribution in [0, 0.1) is 11.8 Å². The predicted molar refractivity (Wildman–Crippen MR) is 181 cm³/mol. The summed E-state index contributed by atoms with van der Waals surface area (Å²) < 4.78 is 28.4. The first-order valence-electron chi connectivity index (χ1n) is 17.3. The maximum absolute atomic E-state index is 13.9. The molecule has 2 aromatic carbocycles. The van der Waals surface area contributed by atoms with Crippen molar-refractivity contribution in [1.29, 1.82) is 0 Å². The number of ketones is 1. The highest BCUT2D eigenvalue weighted by Crippen LogP contribution is 2.48. The van der Waals surface area contributed by atoms with Gasteiger partial charge in [0.1, 0.15) is 65.5 Å². The Morgan fingerprint density at radius 1 is 0.929 bits per heavy atom. The largest absolute Gasteiger partial charge is 0.507 e. The number of aromatic hydroxyl groups is 3. The van der Waals surface area contributed by atoms with Crippen LogP contribution in [0.1, 0.15) is 58.6 Å². The second kappa shape index (κ2) is 14.3. The van der Waals surface area contributed by atoms with Gasteiger partial charge in [0.2, 0.25) is 18.2 Å². The minimum absolute atomic E-state index is 0.0397. The van der Waals surface area contributed by atoms with Gasteiger partial charge in [0.15, 0.2) is 17.3 Å². The lowest BCUT2D eigenvalue weighted by Crippen LogP contribution is -2.70. The fourth-order valence-electron chi connectivity index (χ4n) is 7.12. The van der Waals surface area contributed by atoms with Crippen molar-refractivity contribution in [2.45, 2.75) is 99.1 Å². The lowest BCUT2D eigenvalue weighted by molar-refractivity contribution is -0.329. The maximum atomic E-state index is 13.9. The Morgan fingerprint density at radius 3 is 2.34 bits per heavy atom. The molecule has 5 heterocycles. The highest BCUT2D eigenvalue weighted by Gasteiger charge is 2.64. The van der Waals surface area contributed by atoms with Gasteiger partial charge < -0.3 is 79.7 Å². The molecule has 2 saturated heterocycles. The number of fused-ring (bicyclic) bond motifs is 3. The number of hydrogen-bond acceptors (Lipinski definition) is 17. The van der Waals surface area contributed by atoms with Gasteiger partial charge in [-0.15, -0.1) is 0 Å². The van der Waals surface area contributed by atoms with Crippen molar-refractivity contribution in [1.82, 2.24) is 4.98 Å². The summed E-state index contributed by atoms with van der Waals surface area (Å²) in [6.07, 6.45) is -18.2. The molecule has 56 heavy (non-hydrogen) atoms. The summed E-state index contributed by atoms with van der Waals surface area (Å²) in [7, 11) is 0. The predicted octanol–water partition coefficient (Wildman–Crippen LogP) is -1.24. The highest BCUT2D eigenvalue weighted by molar-refractivity contribution is 6.03. The molecule has 298 valence electrons. The molecule has 1 aromatic heterocycles. The number of benzene rings is 2. The number of rotatable bonds is 7. The van der Waals surface area contributed by atoms with Crippen molar-refractivity contribution in [3.05, 3.63) is 64.5 Å². The number of carboxylic acids is 1. The summed E-state index contributed by atoms with van der Waals surface area (Å²) in [5, 5.41) is 107. The lowest BCUT2D eigenvalue weighted by Gasteiger charge is -2.47. The number of aliphatic carboxylic acids is 1. The van der Waals surface area contributed by atoms with Crippen LogP contribution in [0.3, 0.4) is 0 Å². The molecule has 1 spiro atoms. The molecule has 11 N–H and O–H groups in total. The zero-order valence-corrected chi connectivity index (χ0v) is 29.2. The third kappa shape index (κ3) is 6.25. The molecule has 11 unspecified atom stereocenters. The number of carboxylic acid groups (broad SMARTS) is 1. The van der Waals surface area contributed by atoms with Gasteiger partial charge in [0, 0.05) is 29.9 Å². The number of carbonyl (C=O) groups is 3. The van der Waals surface area contributed by atoms with E-state index in [0.29, 0.717) is 12.0 Å². The number of aromatic nitrogens is 1. The Bertz CT molecular complexity index is 2140. The van der Waals surface area contributed by atoms with Crippen LogP contribution in [0.4, 0.5) is 0 Å². The van der Waals surface area contributed by atoms with Crippen molar-refractivity contribution >= 4 is 17.7 Å². The molecule has 4 aliphatic rings. The molecule has 3 aromatic rings. The molecule has 11 atom stereocenters. The first kappa shape index (κ1) is 38.8. The van der Waals surface area contributed by atoms with Crippen LogP contribution in [0.15, 0.2) is 36.5 Å². The number of aliphatic hydroxyl groups excluding tert-OH is 6. The fraction of sp³-hybridized carbons (Fsp3) is 0.432. The number of carbonyl (C=O) groups excluding carboxylic acids is 2. The summed E-state index contributed by atoms with van der Waals surface area (Å²) in [5.74, 6) is -1.75. The number of H-pyrrole nitrogens is 1. The quantitative estimate of drug-likeness (QED) is 0.0758. The van der Waals surface area contributed by atoms with Crippen LogP contribution in [0.25, 0.3) is 0 Å². The standard InChI is InChI=1S/C37H37NO18/c1-2-16-8-14(13-38-16)9-17-22(12-23-24(25(17)42)20(41)11-21(52-23)15-4-5-18(39)19(40)10-15)53-32-28(45)27(44)31(48)37(56-32)7-3-6-36(34(49)50)30(47)26(43)29(46)33(55-36)54-35(37)51/h4-5,8,10,12-13,21,26-33,38-40,42-48H,2,7,9,11H2,1H3,(H,49,50). The molecule has 0 saturated carbocycles. The zero-order valence-electron chi connectivity index (χ0n) is 29.2. The Labute approximate surface area is 315 Å². The SMILES string of the molecule is CCc1cc(Cc2c(OC3OC4(CC#CC5(C(=O)O)OC(OC4=O)C(O)C(O)C5O)C(O)C(O)C3O)cc3c(c2O)C(=O)CC(c2ccc(O)c(O)c2)O3)c[nH]1. The van der Waals surface area contributed by atoms with Crippen LogP contribution in [-0.2, 0) is 36.6 Å². The molecule has 19 nitrogen and oxygen atoms in total. The molecular formula is C37H37NO18. The van der Waals surface area contributed by atoms with E-state index in [9.17, 15) is 65.4 Å². The highest BCUT2D eigenvalue weighted by atomic mass is 16.8. The van der Waals surface area contributed by atoms with Crippen molar-refractivity contribution in [2.24, 2.45) is 0 Å². The smallest absolute Gasteiger partial charge is 0.351 e. The summed E-state index contributed by atoms with van der Waals surface area (Å²) in [5.41, 5.74) is -4.31. The van der Waals surface area contributed by atoms with Gasteiger partial charge in [0.25, 0.3) is 5.60 Å². The van der Waals surface area contributed by atoms with E-state index in [2.05, 4.69) is 16.8 Å². The number of phenolic OH excluding ortho intramolecular Hbond substituents is 3. The Morgan fingerprint density at radius 2 is 1.66 bits per heavy atom. The molecule has 19 heteroatoms. The third-order valence-corrected chi connectivity index (χ3v) is 10.4. The van der Waals surface area contributed by atoms with Crippen LogP contribution < -0.4 is 9.47 Å². The van der Waals surface area contributed by atoms with Gasteiger partial charge >= 0.3 is 11.9 Å². The van der Waals surface area contributed by atoms with E-state index in [1.54, 1.807) is 12.3 Å². The van der Waals surface area contributed by atoms with Gasteiger partial charge in [-0.2, -0.15) is 0 Å². The minimum Gasteiger partial charge on any atom is -0.507 e. The maximum Gasteiger partial charge on any atom is 0.351 e. The first-order valence-corrected chi connectivity index (χ1v) is 17.3. The van der Waals surface area contributed by atoms with Gasteiger partial charge in [-0.3, -0.25) is 4.79 Å². The number of aliphatic hydroxyl groups is 6. The average Bonchev–Trinajstić information content (AvgIpc) is 3.64. The molecule has 0 radical (unpaired) electrons. The van der Waals surface area contributed by atoms with E-state index >= 15 is 0 Å².